The SMILES string of the molecule is CN[C@@H]1[C@@H](O)[C@@H](O[C@@H]2[C@@H](O)[C@H](O[C@H]3O[C@H](CN)[C@@H](O)[C@H](O)[C@H]3N)[C@@H](N)C[C@H]2N)OC[C@H]1O. The lowest BCUT2D eigenvalue weighted by Crippen LogP contribution is -2.68. The third-order valence-electron chi connectivity index (χ3n) is 6.45. The van der Waals surface area contributed by atoms with Crippen molar-refractivity contribution in [3.8, 4) is 0 Å². The van der Waals surface area contributed by atoms with Crippen LogP contribution in [0.2, 0.25) is 0 Å². The average Bonchev–Trinajstić information content (AvgIpc) is 2.75. The van der Waals surface area contributed by atoms with E-state index in [0.29, 0.717) is 0 Å². The van der Waals surface area contributed by atoms with Crippen LogP contribution in [0.5, 0.6) is 0 Å². The van der Waals surface area contributed by atoms with Crippen LogP contribution in [0.25, 0.3) is 0 Å². The summed E-state index contributed by atoms with van der Waals surface area (Å²) in [5.41, 5.74) is 23.8. The zero-order valence-corrected chi connectivity index (χ0v) is 17.9. The molecular formula is C18H37N5O9. The molecule has 1 saturated carbocycles. The molecule has 3 aliphatic rings. The van der Waals surface area contributed by atoms with Crippen molar-refractivity contribution in [1.82, 2.24) is 5.32 Å². The molecule has 14 heteroatoms. The van der Waals surface area contributed by atoms with Gasteiger partial charge in [0.15, 0.2) is 12.6 Å². The minimum absolute atomic E-state index is 0.0871. The molecule has 32 heavy (non-hydrogen) atoms. The lowest BCUT2D eigenvalue weighted by molar-refractivity contribution is -0.308. The molecule has 1 aliphatic carbocycles. The first-order valence-corrected chi connectivity index (χ1v) is 10.7. The molecule has 2 heterocycles. The van der Waals surface area contributed by atoms with E-state index in [4.69, 9.17) is 41.9 Å². The summed E-state index contributed by atoms with van der Waals surface area (Å²) in [5, 5.41) is 54.4. The van der Waals surface area contributed by atoms with Crippen molar-refractivity contribution in [2.24, 2.45) is 22.9 Å². The topological polar surface area (TPSA) is 254 Å². The predicted molar refractivity (Wildman–Crippen MR) is 109 cm³/mol. The maximum atomic E-state index is 11.0. The van der Waals surface area contributed by atoms with Crippen LogP contribution in [-0.4, -0.2) is 131 Å². The Kier molecular flexibility index (Phi) is 8.79. The zero-order valence-electron chi connectivity index (χ0n) is 17.9. The third kappa shape index (κ3) is 5.08. The molecule has 0 bridgehead atoms. The molecule has 14 atom stereocenters. The van der Waals surface area contributed by atoms with Gasteiger partial charge in [-0.25, -0.2) is 0 Å². The number of hydrogen-bond donors (Lipinski definition) is 10. The quantitative estimate of drug-likeness (QED) is 0.174. The van der Waals surface area contributed by atoms with Crippen LogP contribution in [0.15, 0.2) is 0 Å². The van der Waals surface area contributed by atoms with Crippen LogP contribution in [0.3, 0.4) is 0 Å². The van der Waals surface area contributed by atoms with Crippen LogP contribution in [0, 0.1) is 0 Å². The largest absolute Gasteiger partial charge is 0.389 e. The van der Waals surface area contributed by atoms with E-state index in [1.54, 1.807) is 7.05 Å². The van der Waals surface area contributed by atoms with Crippen molar-refractivity contribution < 1.29 is 44.5 Å². The Labute approximate surface area is 185 Å². The first-order chi connectivity index (χ1) is 15.1. The van der Waals surface area contributed by atoms with Crippen LogP contribution in [0.4, 0.5) is 0 Å². The van der Waals surface area contributed by atoms with Gasteiger partial charge in [0.05, 0.1) is 24.8 Å². The minimum atomic E-state index is -1.36. The molecule has 0 aromatic carbocycles. The van der Waals surface area contributed by atoms with E-state index in [1.807, 2.05) is 0 Å². The molecule has 2 aliphatic heterocycles. The number of rotatable bonds is 6. The highest BCUT2D eigenvalue weighted by molar-refractivity contribution is 5.01. The zero-order chi connectivity index (χ0) is 23.7. The Morgan fingerprint density at radius 3 is 2.03 bits per heavy atom. The Morgan fingerprint density at radius 1 is 0.875 bits per heavy atom. The highest BCUT2D eigenvalue weighted by Gasteiger charge is 2.50. The fourth-order valence-corrected chi connectivity index (χ4v) is 4.49. The normalized spacial score (nSPS) is 52.7. The minimum Gasteiger partial charge on any atom is -0.389 e. The Hall–Kier alpha value is -0.560. The first-order valence-electron chi connectivity index (χ1n) is 10.7. The van der Waals surface area contributed by atoms with Crippen molar-refractivity contribution in [3.05, 3.63) is 0 Å². The maximum absolute atomic E-state index is 11.0. The molecule has 0 aromatic heterocycles. The van der Waals surface area contributed by atoms with Crippen molar-refractivity contribution in [3.63, 3.8) is 0 Å². The van der Waals surface area contributed by atoms with E-state index in [9.17, 15) is 25.5 Å². The van der Waals surface area contributed by atoms with Gasteiger partial charge in [0, 0.05) is 18.6 Å². The van der Waals surface area contributed by atoms with Gasteiger partial charge in [0.2, 0.25) is 0 Å². The summed E-state index contributed by atoms with van der Waals surface area (Å²) in [6.45, 7) is -0.174. The van der Waals surface area contributed by atoms with Gasteiger partial charge >= 0.3 is 0 Å². The molecule has 14 nitrogen and oxygen atoms in total. The van der Waals surface area contributed by atoms with Crippen LogP contribution in [-0.2, 0) is 18.9 Å². The molecule has 188 valence electrons. The molecular weight excluding hydrogens is 430 g/mol. The van der Waals surface area contributed by atoms with Crippen molar-refractivity contribution >= 4 is 0 Å². The van der Waals surface area contributed by atoms with E-state index in [-0.39, 0.29) is 19.6 Å². The van der Waals surface area contributed by atoms with Crippen molar-refractivity contribution in [1.29, 1.82) is 0 Å². The molecule has 0 unspecified atom stereocenters. The van der Waals surface area contributed by atoms with E-state index >= 15 is 0 Å². The number of nitrogens with one attached hydrogen (secondary N) is 1. The van der Waals surface area contributed by atoms with Crippen molar-refractivity contribution in [2.45, 2.75) is 92.0 Å². The van der Waals surface area contributed by atoms with Gasteiger partial charge in [0.1, 0.15) is 42.7 Å². The van der Waals surface area contributed by atoms with Gasteiger partial charge < -0.3 is 72.7 Å². The fourth-order valence-electron chi connectivity index (χ4n) is 4.49. The van der Waals surface area contributed by atoms with E-state index < -0.39 is 85.6 Å². The average molecular weight is 468 g/mol. The molecule has 0 amide bonds. The number of nitrogens with two attached hydrogens (primary N) is 4. The second-order valence-electron chi connectivity index (χ2n) is 8.67. The summed E-state index contributed by atoms with van der Waals surface area (Å²) in [6.07, 6.45) is -11.4. The summed E-state index contributed by atoms with van der Waals surface area (Å²) in [7, 11) is 1.58. The molecule has 3 rings (SSSR count). The Bertz CT molecular complexity index is 607. The standard InChI is InChI=1S/C18H37N5O9/c1-23-10-7(24)4-29-18(13(10)27)32-16-6(21)2-5(20)15(14(16)28)31-17-9(22)12(26)11(25)8(3-19)30-17/h5-18,23-28H,2-4,19-22H2,1H3/t5-,6+,7+,8+,9+,10-,11+,12+,13+,14-,15+,16-,17+,18+/m0/s1. The second kappa shape index (κ2) is 10.8. The fraction of sp³-hybridized carbons (Fsp3) is 1.00. The summed E-state index contributed by atoms with van der Waals surface area (Å²) < 4.78 is 22.6. The monoisotopic (exact) mass is 467 g/mol. The molecule has 2 saturated heterocycles. The van der Waals surface area contributed by atoms with E-state index in [2.05, 4.69) is 5.32 Å². The summed E-state index contributed by atoms with van der Waals surface area (Å²) in [5.74, 6) is 0. The summed E-state index contributed by atoms with van der Waals surface area (Å²) in [6, 6.07) is -3.25. The molecule has 0 aromatic rings. The lowest BCUT2D eigenvalue weighted by Gasteiger charge is -2.47. The predicted octanol–water partition coefficient (Wildman–Crippen LogP) is -6.43. The third-order valence-corrected chi connectivity index (χ3v) is 6.45. The number of likely N-dealkylation sites (N-methyl/N-ethyl adjacent to an activating group) is 1. The second-order valence-corrected chi connectivity index (χ2v) is 8.67. The number of ether oxygens (including phenoxy) is 4. The van der Waals surface area contributed by atoms with Gasteiger partial charge in [-0.3, -0.25) is 0 Å². The Morgan fingerprint density at radius 2 is 1.47 bits per heavy atom. The van der Waals surface area contributed by atoms with Crippen molar-refractivity contribution in [2.75, 3.05) is 20.2 Å². The number of aliphatic hydroxyl groups is 5. The van der Waals surface area contributed by atoms with Crippen LogP contribution >= 0.6 is 0 Å². The number of aliphatic hydroxyl groups excluding tert-OH is 5. The maximum Gasteiger partial charge on any atom is 0.185 e. The summed E-state index contributed by atoms with van der Waals surface area (Å²) in [4.78, 5) is 0. The van der Waals surface area contributed by atoms with E-state index in [1.165, 1.54) is 0 Å². The van der Waals surface area contributed by atoms with Crippen LogP contribution < -0.4 is 28.3 Å². The van der Waals surface area contributed by atoms with Gasteiger partial charge in [-0.05, 0) is 13.5 Å². The molecule has 3 fully saturated rings. The molecule has 0 radical (unpaired) electrons. The highest BCUT2D eigenvalue weighted by atomic mass is 16.7. The van der Waals surface area contributed by atoms with E-state index in [0.717, 1.165) is 0 Å². The summed E-state index contributed by atoms with van der Waals surface area (Å²) >= 11 is 0. The smallest absolute Gasteiger partial charge is 0.185 e. The van der Waals surface area contributed by atoms with Crippen LogP contribution in [0.1, 0.15) is 6.42 Å². The molecule has 14 N–H and O–H groups in total. The van der Waals surface area contributed by atoms with Gasteiger partial charge in [-0.1, -0.05) is 0 Å². The van der Waals surface area contributed by atoms with Gasteiger partial charge in [-0.15, -0.1) is 0 Å². The van der Waals surface area contributed by atoms with Gasteiger partial charge in [-0.2, -0.15) is 0 Å². The first kappa shape index (κ1) is 26.1. The molecule has 0 spiro atoms. The number of hydrogen-bond acceptors (Lipinski definition) is 14. The van der Waals surface area contributed by atoms with Gasteiger partial charge in [0.25, 0.3) is 0 Å². The Balaban J connectivity index is 1.70. The lowest BCUT2D eigenvalue weighted by atomic mass is 9.84. The highest BCUT2D eigenvalue weighted by Crippen LogP contribution is 2.30.